The topological polar surface area (TPSA) is 64.7 Å². The Morgan fingerprint density at radius 3 is 2.43 bits per heavy atom. The minimum Gasteiger partial charge on any atom is -0.292 e. The van der Waals surface area contributed by atoms with Crippen LogP contribution in [-0.2, 0) is 4.79 Å². The summed E-state index contributed by atoms with van der Waals surface area (Å²) in [7, 11) is 0. The Morgan fingerprint density at radius 2 is 2.00 bits per heavy atom. The largest absolute Gasteiger partial charge is 0.292 e. The molecule has 0 N–H and O–H groups in total. The van der Waals surface area contributed by atoms with Crippen LogP contribution in [0.2, 0.25) is 0 Å². The fraction of sp³-hybridized carbons (Fsp3) is 0.545. The summed E-state index contributed by atoms with van der Waals surface area (Å²) in [6.07, 6.45) is 0.639. The van der Waals surface area contributed by atoms with Crippen molar-refractivity contribution in [2.24, 2.45) is 11.3 Å². The van der Waals surface area contributed by atoms with Gasteiger partial charge in [-0.3, -0.25) is 4.79 Å². The van der Waals surface area contributed by atoms with Gasteiger partial charge in [0.1, 0.15) is 12.0 Å². The molecule has 1 unspecified atom stereocenters. The van der Waals surface area contributed by atoms with Gasteiger partial charge in [0.15, 0.2) is 5.78 Å². The molecule has 1 rings (SSSR count). The molecule has 1 aliphatic carbocycles. The number of hydrogen-bond donors (Lipinski definition) is 0. The first-order valence-corrected chi connectivity index (χ1v) is 4.47. The number of allylic oxidation sites excluding steroid dienone is 2. The minimum atomic E-state index is -0.680. The highest BCUT2D eigenvalue weighted by Crippen LogP contribution is 2.40. The molecule has 0 aromatic rings. The summed E-state index contributed by atoms with van der Waals surface area (Å²) in [4.78, 5) is 11.7. The van der Waals surface area contributed by atoms with E-state index in [-0.39, 0.29) is 16.8 Å². The predicted octanol–water partition coefficient (Wildman–Crippen LogP) is 1.97. The van der Waals surface area contributed by atoms with Gasteiger partial charge in [0, 0.05) is 0 Å². The summed E-state index contributed by atoms with van der Waals surface area (Å²) < 4.78 is 0. The van der Waals surface area contributed by atoms with Crippen molar-refractivity contribution >= 4 is 5.78 Å². The molecule has 0 saturated carbocycles. The van der Waals surface area contributed by atoms with Gasteiger partial charge in [0.05, 0.1) is 11.6 Å². The Labute approximate surface area is 83.6 Å². The second kappa shape index (κ2) is 3.27. The maximum Gasteiger partial charge on any atom is 0.190 e. The van der Waals surface area contributed by atoms with E-state index in [1.807, 2.05) is 26.0 Å². The van der Waals surface area contributed by atoms with E-state index in [0.717, 1.165) is 5.57 Å². The average molecular weight is 188 g/mol. The number of carbonyl (C=O) groups excluding carboxylic acids is 1. The lowest BCUT2D eigenvalue weighted by Crippen LogP contribution is -2.35. The van der Waals surface area contributed by atoms with Gasteiger partial charge in [-0.05, 0) is 18.8 Å². The SMILES string of the molecule is CC1=C(C#N)C(=O)C(C#N)C(C)(C)C1. The molecule has 0 saturated heterocycles. The van der Waals surface area contributed by atoms with Crippen LogP contribution in [-0.4, -0.2) is 5.78 Å². The number of nitrogens with zero attached hydrogens (tertiary/aromatic N) is 2. The Hall–Kier alpha value is -1.61. The van der Waals surface area contributed by atoms with Crippen molar-refractivity contribution in [3.05, 3.63) is 11.1 Å². The van der Waals surface area contributed by atoms with E-state index < -0.39 is 5.92 Å². The molecule has 1 aliphatic rings. The Morgan fingerprint density at radius 1 is 1.43 bits per heavy atom. The number of carbonyl (C=O) groups is 1. The summed E-state index contributed by atoms with van der Waals surface area (Å²) in [6.45, 7) is 5.55. The molecule has 14 heavy (non-hydrogen) atoms. The van der Waals surface area contributed by atoms with Crippen LogP contribution in [0.15, 0.2) is 11.1 Å². The van der Waals surface area contributed by atoms with E-state index in [4.69, 9.17) is 10.5 Å². The van der Waals surface area contributed by atoms with Crippen molar-refractivity contribution in [3.8, 4) is 12.1 Å². The molecule has 0 aromatic carbocycles. The van der Waals surface area contributed by atoms with Crippen molar-refractivity contribution in [1.29, 1.82) is 10.5 Å². The van der Waals surface area contributed by atoms with Crippen molar-refractivity contribution in [2.75, 3.05) is 0 Å². The van der Waals surface area contributed by atoms with E-state index in [1.165, 1.54) is 0 Å². The number of nitriles is 2. The van der Waals surface area contributed by atoms with E-state index in [1.54, 1.807) is 6.92 Å². The number of ketones is 1. The van der Waals surface area contributed by atoms with Crippen molar-refractivity contribution in [3.63, 3.8) is 0 Å². The lowest BCUT2D eigenvalue weighted by molar-refractivity contribution is -0.120. The first-order valence-electron chi connectivity index (χ1n) is 4.47. The standard InChI is InChI=1S/C11H12N2O/c1-7-4-11(2,3)9(6-13)10(14)8(7)5-12/h9H,4H2,1-3H3. The number of rotatable bonds is 0. The molecule has 0 amide bonds. The highest BCUT2D eigenvalue weighted by Gasteiger charge is 2.41. The molecule has 3 heteroatoms. The molecule has 0 bridgehead atoms. The van der Waals surface area contributed by atoms with Crippen LogP contribution >= 0.6 is 0 Å². The molecular weight excluding hydrogens is 176 g/mol. The van der Waals surface area contributed by atoms with Crippen LogP contribution in [0.3, 0.4) is 0 Å². The molecule has 3 nitrogen and oxygen atoms in total. The maximum absolute atomic E-state index is 11.7. The van der Waals surface area contributed by atoms with Crippen LogP contribution < -0.4 is 0 Å². The molecule has 0 radical (unpaired) electrons. The summed E-state index contributed by atoms with van der Waals surface area (Å²) in [5.74, 6) is -0.996. The first-order chi connectivity index (χ1) is 6.44. The number of Topliss-reactive ketones (excluding diaryl/α,β-unsaturated/α-hetero) is 1. The van der Waals surface area contributed by atoms with Gasteiger partial charge in [-0.25, -0.2) is 0 Å². The van der Waals surface area contributed by atoms with Crippen LogP contribution in [0.1, 0.15) is 27.2 Å². The monoisotopic (exact) mass is 188 g/mol. The third-order valence-corrected chi connectivity index (χ3v) is 2.68. The van der Waals surface area contributed by atoms with Crippen LogP contribution in [0.5, 0.6) is 0 Å². The quantitative estimate of drug-likeness (QED) is 0.583. The van der Waals surface area contributed by atoms with Gasteiger partial charge in [-0.2, -0.15) is 10.5 Å². The zero-order chi connectivity index (χ0) is 10.9. The van der Waals surface area contributed by atoms with Crippen molar-refractivity contribution in [1.82, 2.24) is 0 Å². The Balaban J connectivity index is 3.27. The third-order valence-electron chi connectivity index (χ3n) is 2.68. The molecule has 72 valence electrons. The molecule has 0 aliphatic heterocycles. The van der Waals surface area contributed by atoms with Gasteiger partial charge >= 0.3 is 0 Å². The second-order valence-corrected chi connectivity index (χ2v) is 4.36. The van der Waals surface area contributed by atoms with Crippen LogP contribution in [0, 0.1) is 34.0 Å². The highest BCUT2D eigenvalue weighted by atomic mass is 16.1. The van der Waals surface area contributed by atoms with E-state index >= 15 is 0 Å². The lowest BCUT2D eigenvalue weighted by Gasteiger charge is -2.33. The maximum atomic E-state index is 11.7. The van der Waals surface area contributed by atoms with Gasteiger partial charge < -0.3 is 0 Å². The van der Waals surface area contributed by atoms with E-state index in [9.17, 15) is 4.79 Å². The molecule has 0 heterocycles. The third kappa shape index (κ3) is 1.42. The van der Waals surface area contributed by atoms with Gasteiger partial charge in [-0.15, -0.1) is 0 Å². The van der Waals surface area contributed by atoms with Gasteiger partial charge in [-0.1, -0.05) is 19.4 Å². The van der Waals surface area contributed by atoms with Gasteiger partial charge in [0.2, 0.25) is 0 Å². The fourth-order valence-corrected chi connectivity index (χ4v) is 1.97. The van der Waals surface area contributed by atoms with Crippen LogP contribution in [0.25, 0.3) is 0 Å². The molecule has 1 atom stereocenters. The highest BCUT2D eigenvalue weighted by molar-refractivity contribution is 6.04. The van der Waals surface area contributed by atoms with Crippen LogP contribution in [0.4, 0.5) is 0 Å². The number of hydrogen-bond acceptors (Lipinski definition) is 3. The summed E-state index contributed by atoms with van der Waals surface area (Å²) in [6, 6.07) is 3.88. The first kappa shape index (κ1) is 10.5. The Kier molecular flexibility index (Phi) is 2.45. The molecular formula is C11H12N2O. The summed E-state index contributed by atoms with van der Waals surface area (Å²) in [5, 5.41) is 17.7. The second-order valence-electron chi connectivity index (χ2n) is 4.36. The molecule has 0 aromatic heterocycles. The van der Waals surface area contributed by atoms with Gasteiger partial charge in [0.25, 0.3) is 0 Å². The predicted molar refractivity (Wildman–Crippen MR) is 50.8 cm³/mol. The summed E-state index contributed by atoms with van der Waals surface area (Å²) >= 11 is 0. The zero-order valence-corrected chi connectivity index (χ0v) is 8.59. The minimum absolute atomic E-state index is 0.177. The summed E-state index contributed by atoms with van der Waals surface area (Å²) in [5.41, 5.74) is 0.626. The lowest BCUT2D eigenvalue weighted by atomic mass is 9.67. The molecule has 0 fully saturated rings. The van der Waals surface area contributed by atoms with Crippen molar-refractivity contribution < 1.29 is 4.79 Å². The fourth-order valence-electron chi connectivity index (χ4n) is 1.97. The average Bonchev–Trinajstić information content (AvgIpc) is 2.02. The molecule has 0 spiro atoms. The Bertz CT molecular complexity index is 390. The zero-order valence-electron chi connectivity index (χ0n) is 8.59. The normalized spacial score (nSPS) is 25.5. The van der Waals surface area contributed by atoms with E-state index in [0.29, 0.717) is 6.42 Å². The smallest absolute Gasteiger partial charge is 0.190 e. The van der Waals surface area contributed by atoms with Crippen molar-refractivity contribution in [2.45, 2.75) is 27.2 Å². The van der Waals surface area contributed by atoms with E-state index in [2.05, 4.69) is 0 Å².